The molecule has 0 aromatic heterocycles. The predicted molar refractivity (Wildman–Crippen MR) is 62.2 cm³/mol. The van der Waals surface area contributed by atoms with E-state index < -0.39 is 0 Å². The van der Waals surface area contributed by atoms with Crippen LogP contribution in [0, 0.1) is 5.92 Å². The summed E-state index contributed by atoms with van der Waals surface area (Å²) in [6.07, 6.45) is 4.34. The third-order valence-electron chi connectivity index (χ3n) is 3.75. The van der Waals surface area contributed by atoms with E-state index in [0.29, 0.717) is 32.0 Å². The van der Waals surface area contributed by atoms with Gasteiger partial charge in [-0.25, -0.2) is 0 Å². The lowest BCUT2D eigenvalue weighted by Gasteiger charge is -2.39. The molecule has 2 aliphatic rings. The minimum absolute atomic E-state index is 0.0152. The second kappa shape index (κ2) is 5.49. The summed E-state index contributed by atoms with van der Waals surface area (Å²) >= 11 is 0. The van der Waals surface area contributed by atoms with Crippen LogP contribution in [0.15, 0.2) is 0 Å². The number of nitrogens with zero attached hydrogens (tertiary/aromatic N) is 1. The summed E-state index contributed by atoms with van der Waals surface area (Å²) in [4.78, 5) is 25.2. The highest BCUT2D eigenvalue weighted by atomic mass is 16.3. The summed E-state index contributed by atoms with van der Waals surface area (Å²) in [5, 5.41) is 11.8. The molecule has 2 N–H and O–H groups in total. The van der Waals surface area contributed by atoms with Crippen molar-refractivity contribution in [2.75, 3.05) is 19.7 Å². The van der Waals surface area contributed by atoms with E-state index in [1.54, 1.807) is 0 Å². The molecule has 1 aliphatic carbocycles. The number of hydrogen-bond acceptors (Lipinski definition) is 3. The first-order valence-corrected chi connectivity index (χ1v) is 6.40. The Morgan fingerprint density at radius 3 is 2.65 bits per heavy atom. The average molecular weight is 240 g/mol. The van der Waals surface area contributed by atoms with Gasteiger partial charge >= 0.3 is 0 Å². The first kappa shape index (κ1) is 12.4. The number of aliphatic hydroxyl groups is 1. The normalized spacial score (nSPS) is 25.0. The maximum Gasteiger partial charge on any atom is 0.227 e. The Morgan fingerprint density at radius 1 is 1.41 bits per heavy atom. The van der Waals surface area contributed by atoms with E-state index in [4.69, 9.17) is 5.11 Å². The zero-order valence-electron chi connectivity index (χ0n) is 10.0. The first-order valence-electron chi connectivity index (χ1n) is 6.40. The monoisotopic (exact) mass is 240 g/mol. The summed E-state index contributed by atoms with van der Waals surface area (Å²) in [5.74, 6) is 0.0370. The Hall–Kier alpha value is -1.10. The average Bonchev–Trinajstić information content (AvgIpc) is 2.26. The molecule has 0 bridgehead atoms. The first-order chi connectivity index (χ1) is 8.22. The molecule has 2 amide bonds. The molecule has 1 heterocycles. The number of aliphatic hydroxyl groups excluding tert-OH is 1. The van der Waals surface area contributed by atoms with Crippen molar-refractivity contribution in [3.05, 3.63) is 0 Å². The van der Waals surface area contributed by atoms with Gasteiger partial charge in [0, 0.05) is 25.6 Å². The lowest BCUT2D eigenvalue weighted by Crippen LogP contribution is -2.51. The SMILES string of the molecule is O=C1CCC(C(=O)N(CCO)C2CCC2)CN1. The van der Waals surface area contributed by atoms with Gasteiger partial charge < -0.3 is 15.3 Å². The molecule has 5 heteroatoms. The van der Waals surface area contributed by atoms with Gasteiger partial charge in [-0.3, -0.25) is 9.59 Å². The van der Waals surface area contributed by atoms with Gasteiger partial charge in [-0.05, 0) is 25.7 Å². The minimum atomic E-state index is -0.0974. The summed E-state index contributed by atoms with van der Waals surface area (Å²) in [5.41, 5.74) is 0. The molecule has 17 heavy (non-hydrogen) atoms. The van der Waals surface area contributed by atoms with Crippen molar-refractivity contribution in [3.63, 3.8) is 0 Å². The van der Waals surface area contributed by atoms with Crippen molar-refractivity contribution in [2.24, 2.45) is 5.92 Å². The summed E-state index contributed by atoms with van der Waals surface area (Å²) < 4.78 is 0. The zero-order chi connectivity index (χ0) is 12.3. The van der Waals surface area contributed by atoms with Crippen LogP contribution >= 0.6 is 0 Å². The van der Waals surface area contributed by atoms with Crippen molar-refractivity contribution in [3.8, 4) is 0 Å². The lowest BCUT2D eigenvalue weighted by molar-refractivity contribution is -0.142. The van der Waals surface area contributed by atoms with Crippen LogP contribution in [0.5, 0.6) is 0 Å². The van der Waals surface area contributed by atoms with Crippen molar-refractivity contribution in [1.29, 1.82) is 0 Å². The topological polar surface area (TPSA) is 69.6 Å². The van der Waals surface area contributed by atoms with Gasteiger partial charge in [0.25, 0.3) is 0 Å². The maximum absolute atomic E-state index is 12.3. The van der Waals surface area contributed by atoms with E-state index in [1.807, 2.05) is 4.90 Å². The van der Waals surface area contributed by atoms with Crippen molar-refractivity contribution < 1.29 is 14.7 Å². The van der Waals surface area contributed by atoms with Crippen LogP contribution in [0.4, 0.5) is 0 Å². The van der Waals surface area contributed by atoms with Crippen LogP contribution in [-0.2, 0) is 9.59 Å². The molecule has 1 aliphatic heterocycles. The summed E-state index contributed by atoms with van der Waals surface area (Å²) in [7, 11) is 0. The van der Waals surface area contributed by atoms with Crippen LogP contribution in [0.1, 0.15) is 32.1 Å². The molecule has 1 saturated heterocycles. The van der Waals surface area contributed by atoms with E-state index in [1.165, 1.54) is 6.42 Å². The van der Waals surface area contributed by atoms with Gasteiger partial charge in [-0.1, -0.05) is 0 Å². The molecule has 0 spiro atoms. The molecular weight excluding hydrogens is 220 g/mol. The highest BCUT2D eigenvalue weighted by Gasteiger charge is 2.33. The van der Waals surface area contributed by atoms with Crippen LogP contribution in [0.25, 0.3) is 0 Å². The summed E-state index contributed by atoms with van der Waals surface area (Å²) in [6.45, 7) is 0.890. The lowest BCUT2D eigenvalue weighted by atomic mass is 9.89. The largest absolute Gasteiger partial charge is 0.395 e. The third-order valence-corrected chi connectivity index (χ3v) is 3.75. The Kier molecular flexibility index (Phi) is 3.99. The Bertz CT molecular complexity index is 292. The fourth-order valence-electron chi connectivity index (χ4n) is 2.46. The molecule has 2 rings (SSSR count). The van der Waals surface area contributed by atoms with E-state index in [0.717, 1.165) is 12.8 Å². The van der Waals surface area contributed by atoms with Gasteiger partial charge in [0.15, 0.2) is 0 Å². The van der Waals surface area contributed by atoms with Crippen molar-refractivity contribution in [1.82, 2.24) is 10.2 Å². The van der Waals surface area contributed by atoms with Gasteiger partial charge in [0.2, 0.25) is 11.8 Å². The molecule has 2 fully saturated rings. The number of hydrogen-bond donors (Lipinski definition) is 2. The highest BCUT2D eigenvalue weighted by Crippen LogP contribution is 2.27. The number of rotatable bonds is 4. The third kappa shape index (κ3) is 2.77. The van der Waals surface area contributed by atoms with Crippen LogP contribution in [-0.4, -0.2) is 47.6 Å². The molecule has 5 nitrogen and oxygen atoms in total. The fourth-order valence-corrected chi connectivity index (χ4v) is 2.46. The molecule has 0 aromatic carbocycles. The van der Waals surface area contributed by atoms with Crippen LogP contribution in [0.2, 0.25) is 0 Å². The predicted octanol–water partition coefficient (Wildman–Crippen LogP) is -0.114. The molecule has 1 atom stereocenters. The van der Waals surface area contributed by atoms with Gasteiger partial charge in [0.05, 0.1) is 12.5 Å². The smallest absolute Gasteiger partial charge is 0.227 e. The van der Waals surface area contributed by atoms with Gasteiger partial charge in [-0.15, -0.1) is 0 Å². The van der Waals surface area contributed by atoms with Crippen LogP contribution in [0.3, 0.4) is 0 Å². The van der Waals surface area contributed by atoms with Gasteiger partial charge in [0.1, 0.15) is 0 Å². The second-order valence-electron chi connectivity index (χ2n) is 4.88. The van der Waals surface area contributed by atoms with E-state index in [-0.39, 0.29) is 24.3 Å². The molecule has 96 valence electrons. The van der Waals surface area contributed by atoms with E-state index in [9.17, 15) is 9.59 Å². The molecule has 0 radical (unpaired) electrons. The second-order valence-corrected chi connectivity index (χ2v) is 4.88. The number of piperidine rings is 1. The Labute approximate surface area is 101 Å². The zero-order valence-corrected chi connectivity index (χ0v) is 10.0. The van der Waals surface area contributed by atoms with Crippen LogP contribution < -0.4 is 5.32 Å². The number of nitrogens with one attached hydrogen (secondary N) is 1. The van der Waals surface area contributed by atoms with Crippen molar-refractivity contribution >= 4 is 11.8 Å². The molecule has 1 saturated carbocycles. The van der Waals surface area contributed by atoms with Gasteiger partial charge in [-0.2, -0.15) is 0 Å². The van der Waals surface area contributed by atoms with Crippen molar-refractivity contribution in [2.45, 2.75) is 38.1 Å². The number of carbonyl (C=O) groups excluding carboxylic acids is 2. The van der Waals surface area contributed by atoms with E-state index >= 15 is 0 Å². The fraction of sp³-hybridized carbons (Fsp3) is 0.833. The quantitative estimate of drug-likeness (QED) is 0.720. The Morgan fingerprint density at radius 2 is 2.18 bits per heavy atom. The maximum atomic E-state index is 12.3. The molecule has 0 aromatic rings. The number of amides is 2. The standard InChI is InChI=1S/C12H20N2O3/c15-7-6-14(10-2-1-3-10)12(17)9-4-5-11(16)13-8-9/h9-10,15H,1-8H2,(H,13,16). The Balaban J connectivity index is 1.92. The molecule has 1 unspecified atom stereocenters. The number of carbonyl (C=O) groups is 2. The minimum Gasteiger partial charge on any atom is -0.395 e. The highest BCUT2D eigenvalue weighted by molar-refractivity contribution is 5.84. The molecular formula is C12H20N2O3. The van der Waals surface area contributed by atoms with E-state index in [2.05, 4.69) is 5.32 Å². The summed E-state index contributed by atoms with van der Waals surface area (Å²) in [6, 6.07) is 0.312.